The van der Waals surface area contributed by atoms with E-state index in [1.807, 2.05) is 30.3 Å². The lowest BCUT2D eigenvalue weighted by atomic mass is 10.0. The van der Waals surface area contributed by atoms with E-state index in [1.54, 1.807) is 18.2 Å². The first-order chi connectivity index (χ1) is 14.9. The van der Waals surface area contributed by atoms with E-state index in [0.717, 1.165) is 28.6 Å². The minimum atomic E-state index is -4.69. The Hall–Kier alpha value is -4.14. The van der Waals surface area contributed by atoms with Gasteiger partial charge in [-0.15, -0.1) is 0 Å². The minimum absolute atomic E-state index is 0.274. The Kier molecular flexibility index (Phi) is 4.25. The summed E-state index contributed by atoms with van der Waals surface area (Å²) in [6.07, 6.45) is -3.41. The largest absolute Gasteiger partial charge is 0.417 e. The van der Waals surface area contributed by atoms with Gasteiger partial charge in [0.15, 0.2) is 0 Å². The number of anilines is 1. The summed E-state index contributed by atoms with van der Waals surface area (Å²) in [5.41, 5.74) is 1.49. The second-order valence-corrected chi connectivity index (χ2v) is 7.01. The van der Waals surface area contributed by atoms with Crippen molar-refractivity contribution >= 4 is 33.4 Å². The lowest BCUT2D eigenvalue weighted by Crippen LogP contribution is -2.18. The summed E-state index contributed by atoms with van der Waals surface area (Å²) in [4.78, 5) is 12.8. The van der Waals surface area contributed by atoms with Crippen LogP contribution in [0.15, 0.2) is 66.9 Å². The molecule has 9 heteroatoms. The third-order valence-corrected chi connectivity index (χ3v) is 5.00. The highest BCUT2D eigenvalue weighted by Gasteiger charge is 2.36. The molecule has 31 heavy (non-hydrogen) atoms. The molecule has 3 aromatic carbocycles. The molecule has 0 aliphatic carbocycles. The molecule has 0 aliphatic rings. The first kappa shape index (κ1) is 18.9. The van der Waals surface area contributed by atoms with Gasteiger partial charge in [-0.05, 0) is 30.3 Å². The molecule has 154 valence electrons. The highest BCUT2D eigenvalue weighted by Crippen LogP contribution is 2.35. The van der Waals surface area contributed by atoms with Crippen molar-refractivity contribution in [3.8, 4) is 11.3 Å². The summed E-state index contributed by atoms with van der Waals surface area (Å²) in [6.45, 7) is 0. The van der Waals surface area contributed by atoms with E-state index in [0.29, 0.717) is 16.9 Å². The zero-order chi connectivity index (χ0) is 21.6. The molecule has 6 nitrogen and oxygen atoms in total. The second kappa shape index (κ2) is 6.98. The van der Waals surface area contributed by atoms with Crippen LogP contribution in [0.25, 0.3) is 33.1 Å². The average Bonchev–Trinajstić information content (AvgIpc) is 3.39. The Bertz CT molecular complexity index is 1420. The first-order valence-electron chi connectivity index (χ1n) is 9.29. The van der Waals surface area contributed by atoms with Gasteiger partial charge in [-0.1, -0.05) is 30.3 Å². The van der Waals surface area contributed by atoms with Gasteiger partial charge in [-0.3, -0.25) is 15.0 Å². The van der Waals surface area contributed by atoms with E-state index < -0.39 is 23.2 Å². The van der Waals surface area contributed by atoms with Crippen LogP contribution in [0.3, 0.4) is 0 Å². The lowest BCUT2D eigenvalue weighted by Gasteiger charge is -2.13. The van der Waals surface area contributed by atoms with Gasteiger partial charge in [-0.2, -0.15) is 23.4 Å². The van der Waals surface area contributed by atoms with Gasteiger partial charge >= 0.3 is 6.18 Å². The molecule has 0 aliphatic heterocycles. The Morgan fingerprint density at radius 1 is 0.935 bits per heavy atom. The predicted octanol–water partition coefficient (Wildman–Crippen LogP) is 5.38. The van der Waals surface area contributed by atoms with E-state index >= 15 is 0 Å². The monoisotopic (exact) mass is 421 g/mol. The van der Waals surface area contributed by atoms with Crippen LogP contribution in [0.2, 0.25) is 0 Å². The van der Waals surface area contributed by atoms with Crippen molar-refractivity contribution in [2.45, 2.75) is 6.18 Å². The molecule has 2 aromatic heterocycles. The number of carbonyl (C=O) groups excluding carboxylic acids is 1. The summed E-state index contributed by atoms with van der Waals surface area (Å²) in [6, 6.07) is 16.5. The van der Waals surface area contributed by atoms with Crippen molar-refractivity contribution in [2.75, 3.05) is 5.32 Å². The molecule has 3 N–H and O–H groups in total. The number of nitrogens with zero attached hydrogens (tertiary/aromatic N) is 2. The lowest BCUT2D eigenvalue weighted by molar-refractivity contribution is -0.137. The average molecular weight is 421 g/mol. The van der Waals surface area contributed by atoms with Crippen molar-refractivity contribution in [2.24, 2.45) is 0 Å². The van der Waals surface area contributed by atoms with Crippen molar-refractivity contribution < 1.29 is 18.0 Å². The molecular weight excluding hydrogens is 407 g/mol. The molecule has 0 bridgehead atoms. The number of rotatable bonds is 3. The van der Waals surface area contributed by atoms with Crippen LogP contribution in [0.4, 0.5) is 18.9 Å². The van der Waals surface area contributed by atoms with E-state index in [2.05, 4.69) is 25.7 Å². The zero-order valence-corrected chi connectivity index (χ0v) is 15.8. The highest BCUT2D eigenvalue weighted by atomic mass is 19.4. The molecule has 2 heterocycles. The molecule has 0 saturated carbocycles. The van der Waals surface area contributed by atoms with E-state index in [4.69, 9.17) is 0 Å². The van der Waals surface area contributed by atoms with Crippen molar-refractivity contribution in [1.82, 2.24) is 20.4 Å². The first-order valence-corrected chi connectivity index (χ1v) is 9.29. The molecule has 0 atom stereocenters. The van der Waals surface area contributed by atoms with Gasteiger partial charge in [0.05, 0.1) is 34.1 Å². The summed E-state index contributed by atoms with van der Waals surface area (Å²) in [5.74, 6) is -0.868. The summed E-state index contributed by atoms with van der Waals surface area (Å²) in [7, 11) is 0. The van der Waals surface area contributed by atoms with Crippen LogP contribution in [0, 0.1) is 0 Å². The number of aromatic nitrogens is 4. The number of hydrogen-bond acceptors (Lipinski definition) is 3. The normalized spacial score (nSPS) is 11.8. The fraction of sp³-hybridized carbons (Fsp3) is 0.0455. The van der Waals surface area contributed by atoms with Crippen LogP contribution < -0.4 is 5.32 Å². The molecule has 1 amide bonds. The molecule has 5 rings (SSSR count). The third kappa shape index (κ3) is 3.39. The summed E-state index contributed by atoms with van der Waals surface area (Å²) in [5, 5.41) is 17.2. The number of nitrogens with one attached hydrogen (secondary N) is 3. The smallest absolute Gasteiger partial charge is 0.322 e. The Balaban J connectivity index is 1.54. The topological polar surface area (TPSA) is 86.5 Å². The van der Waals surface area contributed by atoms with E-state index in [1.165, 1.54) is 6.20 Å². The van der Waals surface area contributed by atoms with Gasteiger partial charge in [-0.25, -0.2) is 0 Å². The number of H-pyrrole nitrogens is 2. The second-order valence-electron chi connectivity index (χ2n) is 7.01. The minimum Gasteiger partial charge on any atom is -0.322 e. The van der Waals surface area contributed by atoms with E-state index in [9.17, 15) is 18.0 Å². The van der Waals surface area contributed by atoms with Crippen LogP contribution in [-0.2, 0) is 6.18 Å². The van der Waals surface area contributed by atoms with Gasteiger partial charge in [0, 0.05) is 22.0 Å². The number of halogens is 3. The number of benzene rings is 3. The van der Waals surface area contributed by atoms with Crippen molar-refractivity contribution in [3.63, 3.8) is 0 Å². The van der Waals surface area contributed by atoms with Gasteiger partial charge in [0.25, 0.3) is 5.91 Å². The standard InChI is InChI=1S/C22H14F3N5O/c23-22(24,25)17-8-13-11-26-28-19(13)10-15(17)21(31)27-14-6-7-18-16(9-14)20(30-29-18)12-4-2-1-3-5-12/h1-11H,(H,26,28)(H,27,31)(H,29,30). The zero-order valence-electron chi connectivity index (χ0n) is 15.8. The fourth-order valence-corrected chi connectivity index (χ4v) is 3.52. The molecule has 0 saturated heterocycles. The summed E-state index contributed by atoms with van der Waals surface area (Å²) >= 11 is 0. The Labute approximate surface area is 173 Å². The highest BCUT2D eigenvalue weighted by molar-refractivity contribution is 6.08. The molecular formula is C22H14F3N5O. The maximum atomic E-state index is 13.6. The van der Waals surface area contributed by atoms with Gasteiger partial charge < -0.3 is 5.32 Å². The van der Waals surface area contributed by atoms with Crippen molar-refractivity contribution in [3.05, 3.63) is 78.0 Å². The van der Waals surface area contributed by atoms with Crippen LogP contribution in [-0.4, -0.2) is 26.3 Å². The molecule has 0 spiro atoms. The fourth-order valence-electron chi connectivity index (χ4n) is 3.52. The van der Waals surface area contributed by atoms with Crippen LogP contribution in [0.5, 0.6) is 0 Å². The van der Waals surface area contributed by atoms with Crippen LogP contribution >= 0.6 is 0 Å². The Morgan fingerprint density at radius 2 is 1.74 bits per heavy atom. The molecule has 0 fully saturated rings. The Morgan fingerprint density at radius 3 is 2.52 bits per heavy atom. The van der Waals surface area contributed by atoms with Crippen LogP contribution in [0.1, 0.15) is 15.9 Å². The number of alkyl halides is 3. The summed E-state index contributed by atoms with van der Waals surface area (Å²) < 4.78 is 40.7. The number of amides is 1. The van der Waals surface area contributed by atoms with Gasteiger partial charge in [0.2, 0.25) is 0 Å². The number of hydrogen-bond donors (Lipinski definition) is 3. The molecule has 0 unspecified atom stereocenters. The SMILES string of the molecule is O=C(Nc1ccc2[nH]nc(-c3ccccc3)c2c1)c1cc2[nH]ncc2cc1C(F)(F)F. The predicted molar refractivity (Wildman–Crippen MR) is 111 cm³/mol. The number of fused-ring (bicyclic) bond motifs is 2. The molecule has 0 radical (unpaired) electrons. The quantitative estimate of drug-likeness (QED) is 0.366. The maximum Gasteiger partial charge on any atom is 0.417 e. The third-order valence-electron chi connectivity index (χ3n) is 5.00. The number of carbonyl (C=O) groups is 1. The number of aromatic amines is 2. The van der Waals surface area contributed by atoms with Crippen molar-refractivity contribution in [1.29, 1.82) is 0 Å². The van der Waals surface area contributed by atoms with Gasteiger partial charge in [0.1, 0.15) is 0 Å². The molecule has 5 aromatic rings. The maximum absolute atomic E-state index is 13.6. The van der Waals surface area contributed by atoms with E-state index in [-0.39, 0.29) is 5.39 Å².